The van der Waals surface area contributed by atoms with Crippen LogP contribution in [0.4, 0.5) is 0 Å². The highest BCUT2D eigenvalue weighted by molar-refractivity contribution is 5.95. The molecule has 3 rings (SSSR count). The number of aliphatic hydroxyl groups excluding tert-OH is 3. The standard InChI is InChI=1S/C20H30O5/c1-10-8-19-12(3)6-11(2)18(4,5)14(17(19)24)7-13(9-21)16(23)20(19,25)15(10)22/h7-8,11-12,14-16,21-23,25H,6,9H2,1-5H3/t11-,12+,14?,15?,16?,19?,20?/m0/s1. The third-order valence-corrected chi connectivity index (χ3v) is 7.54. The molecule has 3 aliphatic carbocycles. The predicted octanol–water partition coefficient (Wildman–Crippen LogP) is 1.21. The van der Waals surface area contributed by atoms with E-state index < -0.39 is 41.2 Å². The zero-order chi connectivity index (χ0) is 18.9. The van der Waals surface area contributed by atoms with E-state index in [2.05, 4.69) is 6.92 Å². The summed E-state index contributed by atoms with van der Waals surface area (Å²) in [7, 11) is 0. The molecule has 0 amide bonds. The summed E-state index contributed by atoms with van der Waals surface area (Å²) in [5.74, 6) is -0.779. The van der Waals surface area contributed by atoms with Crippen LogP contribution in [0.1, 0.15) is 41.0 Å². The van der Waals surface area contributed by atoms with E-state index >= 15 is 0 Å². The van der Waals surface area contributed by atoms with Crippen molar-refractivity contribution in [1.82, 2.24) is 0 Å². The lowest BCUT2D eigenvalue weighted by Crippen LogP contribution is -2.65. The summed E-state index contributed by atoms with van der Waals surface area (Å²) in [6, 6.07) is 0. The minimum atomic E-state index is -2.06. The van der Waals surface area contributed by atoms with Gasteiger partial charge in [0.15, 0.2) is 5.78 Å². The lowest BCUT2D eigenvalue weighted by Gasteiger charge is -2.47. The SMILES string of the molecule is CC1=CC23C(=O)C(C=C(CO)C(O)C2(O)C1O)C(C)(C)[C@@H](C)C[C@H]3C. The van der Waals surface area contributed by atoms with E-state index in [0.29, 0.717) is 12.0 Å². The van der Waals surface area contributed by atoms with Crippen molar-refractivity contribution in [3.05, 3.63) is 23.3 Å². The van der Waals surface area contributed by atoms with Gasteiger partial charge in [-0.25, -0.2) is 0 Å². The molecule has 0 heterocycles. The maximum atomic E-state index is 13.8. The number of carbonyl (C=O) groups is 1. The average molecular weight is 350 g/mol. The van der Waals surface area contributed by atoms with Crippen molar-refractivity contribution in [2.24, 2.45) is 28.6 Å². The van der Waals surface area contributed by atoms with Gasteiger partial charge in [-0.05, 0) is 41.7 Å². The second kappa shape index (κ2) is 5.49. The molecule has 1 fully saturated rings. The molecule has 0 aliphatic heterocycles. The molecule has 0 saturated heterocycles. The number of ketones is 1. The molecule has 0 aromatic rings. The first kappa shape index (κ1) is 18.8. The maximum absolute atomic E-state index is 13.8. The van der Waals surface area contributed by atoms with Crippen LogP contribution in [0.25, 0.3) is 0 Å². The molecule has 5 heteroatoms. The Morgan fingerprint density at radius 2 is 1.76 bits per heavy atom. The molecule has 0 aromatic heterocycles. The highest BCUT2D eigenvalue weighted by Crippen LogP contribution is 2.61. The van der Waals surface area contributed by atoms with Gasteiger partial charge in [-0.2, -0.15) is 0 Å². The first-order valence-corrected chi connectivity index (χ1v) is 9.09. The van der Waals surface area contributed by atoms with Crippen molar-refractivity contribution in [2.45, 2.75) is 58.8 Å². The smallest absolute Gasteiger partial charge is 0.153 e. The van der Waals surface area contributed by atoms with Gasteiger partial charge in [0, 0.05) is 5.92 Å². The summed E-state index contributed by atoms with van der Waals surface area (Å²) in [5, 5.41) is 43.1. The summed E-state index contributed by atoms with van der Waals surface area (Å²) in [6.45, 7) is 9.27. The van der Waals surface area contributed by atoms with Crippen LogP contribution in [-0.2, 0) is 4.79 Å². The molecule has 2 bridgehead atoms. The lowest BCUT2D eigenvalue weighted by molar-refractivity contribution is -0.189. The van der Waals surface area contributed by atoms with Gasteiger partial charge in [0.1, 0.15) is 17.8 Å². The number of hydrogen-bond acceptors (Lipinski definition) is 5. The van der Waals surface area contributed by atoms with E-state index in [1.165, 1.54) is 0 Å². The summed E-state index contributed by atoms with van der Waals surface area (Å²) in [4.78, 5) is 13.8. The Morgan fingerprint density at radius 1 is 1.16 bits per heavy atom. The van der Waals surface area contributed by atoms with Crippen LogP contribution < -0.4 is 0 Å². The Labute approximate surface area is 149 Å². The summed E-state index contributed by atoms with van der Waals surface area (Å²) < 4.78 is 0. The van der Waals surface area contributed by atoms with Crippen LogP contribution >= 0.6 is 0 Å². The normalized spacial score (nSPS) is 49.0. The van der Waals surface area contributed by atoms with Crippen LogP contribution in [0.3, 0.4) is 0 Å². The first-order valence-electron chi connectivity index (χ1n) is 9.09. The molecule has 0 aromatic carbocycles. The summed E-state index contributed by atoms with van der Waals surface area (Å²) in [6.07, 6.45) is 1.17. The van der Waals surface area contributed by atoms with Gasteiger partial charge in [-0.1, -0.05) is 39.8 Å². The van der Waals surface area contributed by atoms with Gasteiger partial charge >= 0.3 is 0 Å². The maximum Gasteiger partial charge on any atom is 0.153 e. The Bertz CT molecular complexity index is 663. The summed E-state index contributed by atoms with van der Waals surface area (Å²) in [5.41, 5.74) is -3.12. The van der Waals surface area contributed by atoms with Crippen molar-refractivity contribution >= 4 is 5.78 Å². The van der Waals surface area contributed by atoms with E-state index in [4.69, 9.17) is 0 Å². The molecular weight excluding hydrogens is 320 g/mol. The average Bonchev–Trinajstić information content (AvgIpc) is 2.69. The Morgan fingerprint density at radius 3 is 2.32 bits per heavy atom. The molecule has 7 atom stereocenters. The third-order valence-electron chi connectivity index (χ3n) is 7.54. The Hall–Kier alpha value is -1.01. The number of hydrogen-bond donors (Lipinski definition) is 4. The molecule has 0 radical (unpaired) electrons. The number of aliphatic hydroxyl groups is 4. The Balaban J connectivity index is 2.38. The minimum absolute atomic E-state index is 0.171. The molecule has 5 nitrogen and oxygen atoms in total. The number of Topliss-reactive ketones (excluding diaryl/α,β-unsaturated/α-hetero) is 1. The van der Waals surface area contributed by atoms with Gasteiger partial charge in [-0.15, -0.1) is 0 Å². The second-order valence-electron chi connectivity index (χ2n) is 8.99. The van der Waals surface area contributed by atoms with E-state index in [-0.39, 0.29) is 23.2 Å². The number of rotatable bonds is 1. The molecule has 140 valence electrons. The van der Waals surface area contributed by atoms with Crippen molar-refractivity contribution < 1.29 is 25.2 Å². The Kier molecular flexibility index (Phi) is 4.12. The highest BCUT2D eigenvalue weighted by atomic mass is 16.4. The van der Waals surface area contributed by atoms with E-state index in [9.17, 15) is 25.2 Å². The molecule has 1 spiro atoms. The van der Waals surface area contributed by atoms with Crippen molar-refractivity contribution in [3.63, 3.8) is 0 Å². The summed E-state index contributed by atoms with van der Waals surface area (Å²) >= 11 is 0. The van der Waals surface area contributed by atoms with E-state index in [0.717, 1.165) is 0 Å². The van der Waals surface area contributed by atoms with Crippen molar-refractivity contribution in [3.8, 4) is 0 Å². The topological polar surface area (TPSA) is 98.0 Å². The van der Waals surface area contributed by atoms with Crippen LogP contribution in [0.5, 0.6) is 0 Å². The fourth-order valence-corrected chi connectivity index (χ4v) is 5.49. The van der Waals surface area contributed by atoms with Crippen LogP contribution in [-0.4, -0.2) is 50.6 Å². The molecule has 5 unspecified atom stereocenters. The zero-order valence-electron chi connectivity index (χ0n) is 15.7. The van der Waals surface area contributed by atoms with Crippen molar-refractivity contribution in [1.29, 1.82) is 0 Å². The quantitative estimate of drug-likeness (QED) is 0.533. The van der Waals surface area contributed by atoms with Crippen LogP contribution in [0, 0.1) is 28.6 Å². The monoisotopic (exact) mass is 350 g/mol. The fourth-order valence-electron chi connectivity index (χ4n) is 5.49. The lowest BCUT2D eigenvalue weighted by atomic mass is 9.59. The molecule has 4 N–H and O–H groups in total. The first-order chi connectivity index (χ1) is 11.5. The van der Waals surface area contributed by atoms with Crippen molar-refractivity contribution in [2.75, 3.05) is 6.61 Å². The van der Waals surface area contributed by atoms with E-state index in [1.54, 1.807) is 19.1 Å². The van der Waals surface area contributed by atoms with Gasteiger partial charge in [-0.3, -0.25) is 4.79 Å². The molecule has 3 aliphatic rings. The second-order valence-corrected chi connectivity index (χ2v) is 8.99. The molecule has 25 heavy (non-hydrogen) atoms. The minimum Gasteiger partial charge on any atom is -0.392 e. The van der Waals surface area contributed by atoms with Gasteiger partial charge in [0.2, 0.25) is 0 Å². The number of allylic oxidation sites excluding steroid dienone is 1. The number of carbonyl (C=O) groups excluding carboxylic acids is 1. The fraction of sp³-hybridized carbons (Fsp3) is 0.750. The van der Waals surface area contributed by atoms with Gasteiger partial charge in [0.25, 0.3) is 0 Å². The number of fused-ring (bicyclic) bond motifs is 1. The largest absolute Gasteiger partial charge is 0.392 e. The van der Waals surface area contributed by atoms with Crippen LogP contribution in [0.2, 0.25) is 0 Å². The third kappa shape index (κ3) is 2.01. The van der Waals surface area contributed by atoms with Gasteiger partial charge < -0.3 is 20.4 Å². The zero-order valence-corrected chi connectivity index (χ0v) is 15.7. The van der Waals surface area contributed by atoms with Crippen LogP contribution in [0.15, 0.2) is 23.3 Å². The van der Waals surface area contributed by atoms with Gasteiger partial charge in [0.05, 0.1) is 12.0 Å². The highest BCUT2D eigenvalue weighted by Gasteiger charge is 2.71. The predicted molar refractivity (Wildman–Crippen MR) is 93.5 cm³/mol. The molecule has 1 saturated carbocycles. The van der Waals surface area contributed by atoms with E-state index in [1.807, 2.05) is 20.8 Å². The molecular formula is C20H30O5.